The summed E-state index contributed by atoms with van der Waals surface area (Å²) in [5.41, 5.74) is 0. The van der Waals surface area contributed by atoms with E-state index in [1.54, 1.807) is 0 Å². The molecular formula is C13H23NO5. The van der Waals surface area contributed by atoms with Crippen molar-refractivity contribution < 1.29 is 24.5 Å². The van der Waals surface area contributed by atoms with Crippen LogP contribution in [0.4, 0.5) is 0 Å². The third-order valence-corrected chi connectivity index (χ3v) is 3.67. The van der Waals surface area contributed by atoms with Crippen LogP contribution in [0.3, 0.4) is 0 Å². The number of aliphatic carboxylic acids is 1. The van der Waals surface area contributed by atoms with Crippen molar-refractivity contribution in [2.75, 3.05) is 6.54 Å². The number of carbonyl (C=O) groups is 2. The van der Waals surface area contributed by atoms with Crippen molar-refractivity contribution in [3.8, 4) is 0 Å². The average Bonchev–Trinajstić information content (AvgIpc) is 2.87. The smallest absolute Gasteiger partial charge is 0.332 e. The maximum absolute atomic E-state index is 11.8. The van der Waals surface area contributed by atoms with Gasteiger partial charge in [-0.15, -0.1) is 0 Å². The number of aliphatic hydroxyl groups excluding tert-OH is 1. The Bertz CT molecular complexity index is 316. The zero-order valence-electron chi connectivity index (χ0n) is 11.5. The second-order valence-corrected chi connectivity index (χ2v) is 4.92. The van der Waals surface area contributed by atoms with Gasteiger partial charge in [0.05, 0.1) is 6.10 Å². The summed E-state index contributed by atoms with van der Waals surface area (Å²) in [5, 5.41) is 21.3. The Morgan fingerprint density at radius 2 is 1.84 bits per heavy atom. The van der Waals surface area contributed by atoms with Crippen LogP contribution in [0.1, 0.15) is 39.5 Å². The van der Waals surface area contributed by atoms with Gasteiger partial charge in [-0.3, -0.25) is 4.79 Å². The molecule has 1 aliphatic heterocycles. The molecule has 3 atom stereocenters. The molecular weight excluding hydrogens is 250 g/mol. The molecule has 0 spiro atoms. The minimum absolute atomic E-state index is 0.163. The standard InChI is InChI=1S/C13H23NO5/c1-3-8(4-2)9(15)7-14-12(16)10-5-6-11(19-10)13(17)18/h8-11,15H,3-7H2,1-2H3,(H,14,16)(H,17,18). The van der Waals surface area contributed by atoms with Crippen LogP contribution < -0.4 is 5.32 Å². The van der Waals surface area contributed by atoms with Crippen molar-refractivity contribution in [3.05, 3.63) is 0 Å². The summed E-state index contributed by atoms with van der Waals surface area (Å²) < 4.78 is 5.14. The molecule has 0 aromatic rings. The van der Waals surface area contributed by atoms with Gasteiger partial charge in [0.15, 0.2) is 6.10 Å². The van der Waals surface area contributed by atoms with Crippen LogP contribution >= 0.6 is 0 Å². The van der Waals surface area contributed by atoms with Gasteiger partial charge in [-0.1, -0.05) is 26.7 Å². The number of carboxylic acids is 1. The Labute approximate surface area is 113 Å². The Morgan fingerprint density at radius 1 is 1.26 bits per heavy atom. The highest BCUT2D eigenvalue weighted by Crippen LogP contribution is 2.20. The molecule has 1 heterocycles. The van der Waals surface area contributed by atoms with Crippen molar-refractivity contribution in [1.29, 1.82) is 0 Å². The number of carbonyl (C=O) groups excluding carboxylic acids is 1. The molecule has 6 nitrogen and oxygen atoms in total. The molecule has 0 radical (unpaired) electrons. The SMILES string of the molecule is CCC(CC)C(O)CNC(=O)C1CCC(C(=O)O)O1. The lowest BCUT2D eigenvalue weighted by atomic mass is 9.96. The first-order chi connectivity index (χ1) is 8.99. The molecule has 6 heteroatoms. The highest BCUT2D eigenvalue weighted by atomic mass is 16.5. The highest BCUT2D eigenvalue weighted by molar-refractivity contribution is 5.82. The summed E-state index contributed by atoms with van der Waals surface area (Å²) in [7, 11) is 0. The summed E-state index contributed by atoms with van der Waals surface area (Å²) in [4.78, 5) is 22.5. The Kier molecular flexibility index (Phi) is 6.24. The van der Waals surface area contributed by atoms with E-state index in [0.717, 1.165) is 12.8 Å². The van der Waals surface area contributed by atoms with E-state index in [1.165, 1.54) is 0 Å². The van der Waals surface area contributed by atoms with Gasteiger partial charge >= 0.3 is 5.97 Å². The number of hydrogen-bond acceptors (Lipinski definition) is 4. The number of hydrogen-bond donors (Lipinski definition) is 3. The van der Waals surface area contributed by atoms with Crippen molar-refractivity contribution >= 4 is 11.9 Å². The second kappa shape index (κ2) is 7.45. The van der Waals surface area contributed by atoms with E-state index < -0.39 is 24.3 Å². The fraction of sp³-hybridized carbons (Fsp3) is 0.846. The number of aliphatic hydroxyl groups is 1. The molecule has 1 amide bonds. The summed E-state index contributed by atoms with van der Waals surface area (Å²) in [6, 6.07) is 0. The predicted molar refractivity (Wildman–Crippen MR) is 68.6 cm³/mol. The molecule has 3 unspecified atom stereocenters. The zero-order valence-corrected chi connectivity index (χ0v) is 11.5. The summed E-state index contributed by atoms with van der Waals surface area (Å²) in [6.45, 7) is 4.18. The first kappa shape index (κ1) is 15.9. The molecule has 0 aliphatic carbocycles. The Morgan fingerprint density at radius 3 is 2.32 bits per heavy atom. The fourth-order valence-electron chi connectivity index (χ4n) is 2.33. The quantitative estimate of drug-likeness (QED) is 0.629. The maximum atomic E-state index is 11.8. The third-order valence-electron chi connectivity index (χ3n) is 3.67. The van der Waals surface area contributed by atoms with Gasteiger partial charge in [-0.25, -0.2) is 4.79 Å². The van der Waals surface area contributed by atoms with Gasteiger partial charge < -0.3 is 20.3 Å². The van der Waals surface area contributed by atoms with Gasteiger partial charge in [0.25, 0.3) is 0 Å². The molecule has 1 aliphatic rings. The van der Waals surface area contributed by atoms with Crippen molar-refractivity contribution in [2.24, 2.45) is 5.92 Å². The van der Waals surface area contributed by atoms with Crippen molar-refractivity contribution in [2.45, 2.75) is 57.8 Å². The minimum atomic E-state index is -1.03. The third kappa shape index (κ3) is 4.47. The first-order valence-corrected chi connectivity index (χ1v) is 6.83. The van der Waals surface area contributed by atoms with E-state index in [2.05, 4.69) is 5.32 Å². The number of nitrogens with one attached hydrogen (secondary N) is 1. The van der Waals surface area contributed by atoms with Crippen LogP contribution in [0.2, 0.25) is 0 Å². The molecule has 1 saturated heterocycles. The molecule has 3 N–H and O–H groups in total. The lowest BCUT2D eigenvalue weighted by Gasteiger charge is -2.21. The van der Waals surface area contributed by atoms with Crippen molar-refractivity contribution in [3.63, 3.8) is 0 Å². The van der Waals surface area contributed by atoms with E-state index in [-0.39, 0.29) is 18.4 Å². The van der Waals surface area contributed by atoms with Crippen LogP contribution in [0.5, 0.6) is 0 Å². The maximum Gasteiger partial charge on any atom is 0.332 e. The van der Waals surface area contributed by atoms with Crippen LogP contribution in [0.25, 0.3) is 0 Å². The molecule has 1 rings (SSSR count). The van der Waals surface area contributed by atoms with Crippen molar-refractivity contribution in [1.82, 2.24) is 5.32 Å². The molecule has 110 valence electrons. The lowest BCUT2D eigenvalue weighted by Crippen LogP contribution is -2.41. The lowest BCUT2D eigenvalue weighted by molar-refractivity contribution is -0.151. The highest BCUT2D eigenvalue weighted by Gasteiger charge is 2.34. The Balaban J connectivity index is 2.34. The molecule has 0 aromatic carbocycles. The van der Waals surface area contributed by atoms with E-state index in [9.17, 15) is 14.7 Å². The van der Waals surface area contributed by atoms with E-state index >= 15 is 0 Å². The van der Waals surface area contributed by atoms with E-state index in [1.807, 2.05) is 13.8 Å². The summed E-state index contributed by atoms with van der Waals surface area (Å²) in [6.07, 6.45) is 0.292. The summed E-state index contributed by atoms with van der Waals surface area (Å²) in [5.74, 6) is -1.21. The number of ether oxygens (including phenoxy) is 1. The number of amides is 1. The van der Waals surface area contributed by atoms with Gasteiger partial charge in [-0.05, 0) is 18.8 Å². The van der Waals surface area contributed by atoms with Crippen LogP contribution in [0.15, 0.2) is 0 Å². The largest absolute Gasteiger partial charge is 0.479 e. The summed E-state index contributed by atoms with van der Waals surface area (Å²) >= 11 is 0. The Hall–Kier alpha value is -1.14. The first-order valence-electron chi connectivity index (χ1n) is 6.83. The zero-order chi connectivity index (χ0) is 14.4. The van der Waals surface area contributed by atoms with Crippen LogP contribution in [0, 0.1) is 5.92 Å². The van der Waals surface area contributed by atoms with E-state index in [0.29, 0.717) is 12.8 Å². The van der Waals surface area contributed by atoms with Crippen LogP contribution in [-0.4, -0.2) is 46.9 Å². The molecule has 0 bridgehead atoms. The number of carboxylic acid groups (broad SMARTS) is 1. The van der Waals surface area contributed by atoms with Gasteiger partial charge in [-0.2, -0.15) is 0 Å². The topological polar surface area (TPSA) is 95.9 Å². The minimum Gasteiger partial charge on any atom is -0.479 e. The van der Waals surface area contributed by atoms with E-state index in [4.69, 9.17) is 9.84 Å². The molecule has 0 aromatic heterocycles. The predicted octanol–water partition coefficient (Wildman–Crippen LogP) is 0.532. The molecule has 1 fully saturated rings. The average molecular weight is 273 g/mol. The monoisotopic (exact) mass is 273 g/mol. The van der Waals surface area contributed by atoms with Gasteiger partial charge in [0, 0.05) is 6.54 Å². The normalized spacial score (nSPS) is 24.4. The van der Waals surface area contributed by atoms with Crippen LogP contribution in [-0.2, 0) is 14.3 Å². The van der Waals surface area contributed by atoms with Gasteiger partial charge in [0.2, 0.25) is 5.91 Å². The number of rotatable bonds is 7. The molecule has 19 heavy (non-hydrogen) atoms. The van der Waals surface area contributed by atoms with Gasteiger partial charge in [0.1, 0.15) is 6.10 Å². The molecule has 0 saturated carbocycles. The second-order valence-electron chi connectivity index (χ2n) is 4.92. The fourth-order valence-corrected chi connectivity index (χ4v) is 2.33.